The minimum atomic E-state index is -3.81. The first-order valence-corrected chi connectivity index (χ1v) is 12.4. The lowest BCUT2D eigenvalue weighted by molar-refractivity contribution is -0.140. The molecule has 0 unspecified atom stereocenters. The second kappa shape index (κ2) is 10.1. The van der Waals surface area contributed by atoms with Gasteiger partial charge in [0, 0.05) is 19.7 Å². The van der Waals surface area contributed by atoms with Crippen molar-refractivity contribution in [3.05, 3.63) is 53.6 Å². The van der Waals surface area contributed by atoms with Gasteiger partial charge in [-0.3, -0.25) is 13.9 Å². The van der Waals surface area contributed by atoms with Gasteiger partial charge in [0.25, 0.3) is 0 Å². The molecular formula is C23H29N3O6S. The Labute approximate surface area is 194 Å². The Hall–Kier alpha value is -3.27. The minimum absolute atomic E-state index is 0.0469. The Kier molecular flexibility index (Phi) is 7.47. The van der Waals surface area contributed by atoms with Crippen LogP contribution in [0, 0.1) is 6.92 Å². The number of aryl methyl sites for hydroxylation is 1. The van der Waals surface area contributed by atoms with Crippen LogP contribution < -0.4 is 19.1 Å². The number of sulfonamides is 1. The molecule has 1 aliphatic heterocycles. The maximum absolute atomic E-state index is 13.5. The lowest BCUT2D eigenvalue weighted by atomic mass is 10.1. The summed E-state index contributed by atoms with van der Waals surface area (Å²) in [7, 11) is -2.30. The van der Waals surface area contributed by atoms with Crippen molar-refractivity contribution in [2.75, 3.05) is 30.9 Å². The van der Waals surface area contributed by atoms with Crippen LogP contribution in [-0.4, -0.2) is 57.8 Å². The number of amides is 2. The third-order valence-corrected chi connectivity index (χ3v) is 6.57. The van der Waals surface area contributed by atoms with E-state index in [0.717, 1.165) is 21.7 Å². The molecule has 0 spiro atoms. The summed E-state index contributed by atoms with van der Waals surface area (Å²) in [5.41, 5.74) is 2.18. The number of fused-ring (bicyclic) bond motifs is 1. The molecular weight excluding hydrogens is 446 g/mol. The van der Waals surface area contributed by atoms with E-state index in [2.05, 4.69) is 5.32 Å². The molecule has 2 aromatic carbocycles. The highest BCUT2D eigenvalue weighted by Gasteiger charge is 2.31. The zero-order chi connectivity index (χ0) is 24.2. The van der Waals surface area contributed by atoms with E-state index in [4.69, 9.17) is 9.47 Å². The number of benzene rings is 2. The fourth-order valence-corrected chi connectivity index (χ4v) is 4.47. The largest absolute Gasteiger partial charge is 0.454 e. The normalized spacial score (nSPS) is 13.3. The first kappa shape index (κ1) is 24.4. The monoisotopic (exact) mass is 475 g/mol. The van der Waals surface area contributed by atoms with Crippen molar-refractivity contribution in [3.8, 4) is 11.5 Å². The average Bonchev–Trinajstić information content (AvgIpc) is 3.25. The van der Waals surface area contributed by atoms with Crippen molar-refractivity contribution in [1.29, 1.82) is 0 Å². The predicted molar refractivity (Wildman–Crippen MR) is 125 cm³/mol. The zero-order valence-corrected chi connectivity index (χ0v) is 20.0. The Morgan fingerprint density at radius 2 is 1.76 bits per heavy atom. The highest BCUT2D eigenvalue weighted by Crippen LogP contribution is 2.36. The molecule has 2 aromatic rings. The smallest absolute Gasteiger partial charge is 0.244 e. The molecule has 0 saturated carbocycles. The van der Waals surface area contributed by atoms with Gasteiger partial charge in [0.05, 0.1) is 11.9 Å². The number of nitrogens with one attached hydrogen (secondary N) is 1. The van der Waals surface area contributed by atoms with Gasteiger partial charge in [-0.2, -0.15) is 0 Å². The number of anilines is 1. The average molecular weight is 476 g/mol. The van der Waals surface area contributed by atoms with Crippen LogP contribution in [0.5, 0.6) is 11.5 Å². The summed E-state index contributed by atoms with van der Waals surface area (Å²) in [6.07, 6.45) is 1.41. The number of likely N-dealkylation sites (N-methyl/N-ethyl adjacent to an activating group) is 1. The van der Waals surface area contributed by atoms with Crippen LogP contribution in [0.15, 0.2) is 42.5 Å². The molecule has 1 aliphatic rings. The third-order valence-electron chi connectivity index (χ3n) is 5.43. The number of rotatable bonds is 9. The summed E-state index contributed by atoms with van der Waals surface area (Å²) in [5.74, 6) is 0.105. The maximum Gasteiger partial charge on any atom is 0.244 e. The van der Waals surface area contributed by atoms with E-state index in [1.165, 1.54) is 18.0 Å². The van der Waals surface area contributed by atoms with Crippen molar-refractivity contribution in [2.24, 2.45) is 0 Å². The molecule has 178 valence electrons. The number of carbonyl (C=O) groups excluding carboxylic acids is 2. The van der Waals surface area contributed by atoms with E-state index in [0.29, 0.717) is 17.9 Å². The summed E-state index contributed by atoms with van der Waals surface area (Å²) in [6, 6.07) is 11.6. The van der Waals surface area contributed by atoms with Crippen LogP contribution in [0.2, 0.25) is 0 Å². The molecule has 0 saturated heterocycles. The van der Waals surface area contributed by atoms with Crippen molar-refractivity contribution >= 4 is 27.5 Å². The molecule has 10 heteroatoms. The fourth-order valence-electron chi connectivity index (χ4n) is 3.63. The lowest BCUT2D eigenvalue weighted by Gasteiger charge is -2.32. The van der Waals surface area contributed by atoms with Gasteiger partial charge in [-0.05, 0) is 31.0 Å². The van der Waals surface area contributed by atoms with Crippen LogP contribution in [0.3, 0.4) is 0 Å². The highest BCUT2D eigenvalue weighted by molar-refractivity contribution is 7.92. The van der Waals surface area contributed by atoms with Crippen LogP contribution in [0.25, 0.3) is 0 Å². The summed E-state index contributed by atoms with van der Waals surface area (Å²) in [4.78, 5) is 27.5. The quantitative estimate of drug-likeness (QED) is 0.595. The number of ether oxygens (including phenoxy) is 2. The van der Waals surface area contributed by atoms with Gasteiger partial charge in [-0.1, -0.05) is 36.8 Å². The number of nitrogens with zero attached hydrogens (tertiary/aromatic N) is 2. The molecule has 0 radical (unpaired) electrons. The van der Waals surface area contributed by atoms with Gasteiger partial charge < -0.3 is 19.7 Å². The van der Waals surface area contributed by atoms with Gasteiger partial charge >= 0.3 is 0 Å². The van der Waals surface area contributed by atoms with Gasteiger partial charge in [0.1, 0.15) is 12.6 Å². The van der Waals surface area contributed by atoms with Crippen molar-refractivity contribution in [3.63, 3.8) is 0 Å². The maximum atomic E-state index is 13.5. The summed E-state index contributed by atoms with van der Waals surface area (Å²) < 4.78 is 36.9. The zero-order valence-electron chi connectivity index (χ0n) is 19.2. The Balaban J connectivity index is 1.93. The van der Waals surface area contributed by atoms with Crippen LogP contribution in [0.1, 0.15) is 24.5 Å². The summed E-state index contributed by atoms with van der Waals surface area (Å²) in [5, 5.41) is 2.59. The second-order valence-electron chi connectivity index (χ2n) is 7.85. The van der Waals surface area contributed by atoms with E-state index < -0.39 is 28.5 Å². The first-order valence-electron chi connectivity index (χ1n) is 10.6. The van der Waals surface area contributed by atoms with Crippen molar-refractivity contribution in [2.45, 2.75) is 32.9 Å². The number of carbonyl (C=O) groups is 2. The van der Waals surface area contributed by atoms with Crippen LogP contribution in [-0.2, 0) is 26.2 Å². The van der Waals surface area contributed by atoms with Crippen LogP contribution >= 0.6 is 0 Å². The number of hydrogen-bond donors (Lipinski definition) is 1. The highest BCUT2D eigenvalue weighted by atomic mass is 32.2. The van der Waals surface area contributed by atoms with Crippen molar-refractivity contribution in [1.82, 2.24) is 10.2 Å². The van der Waals surface area contributed by atoms with Gasteiger partial charge in [-0.25, -0.2) is 8.42 Å². The predicted octanol–water partition coefficient (Wildman–Crippen LogP) is 2.04. The Morgan fingerprint density at radius 3 is 2.36 bits per heavy atom. The summed E-state index contributed by atoms with van der Waals surface area (Å²) >= 11 is 0. The molecule has 0 fully saturated rings. The second-order valence-corrected chi connectivity index (χ2v) is 9.76. The molecule has 1 heterocycles. The third kappa shape index (κ3) is 5.75. The Morgan fingerprint density at radius 1 is 1.09 bits per heavy atom. The molecule has 9 nitrogen and oxygen atoms in total. The first-order chi connectivity index (χ1) is 15.6. The van der Waals surface area contributed by atoms with E-state index >= 15 is 0 Å². The summed E-state index contributed by atoms with van der Waals surface area (Å²) in [6.45, 7) is 3.52. The molecule has 0 aromatic heterocycles. The topological polar surface area (TPSA) is 105 Å². The van der Waals surface area contributed by atoms with Gasteiger partial charge in [-0.15, -0.1) is 0 Å². The van der Waals surface area contributed by atoms with E-state index in [9.17, 15) is 18.0 Å². The van der Waals surface area contributed by atoms with E-state index in [1.54, 1.807) is 12.1 Å². The minimum Gasteiger partial charge on any atom is -0.454 e. The number of hydrogen-bond acceptors (Lipinski definition) is 6. The fraction of sp³-hybridized carbons (Fsp3) is 0.391. The SMILES string of the molecule is CC[C@@H](C(=O)NC)N(Cc1ccc(C)cc1)C(=O)CN(c1ccc2c(c1)OCO2)S(C)(=O)=O. The van der Waals surface area contributed by atoms with Crippen LogP contribution in [0.4, 0.5) is 5.69 Å². The van der Waals surface area contributed by atoms with E-state index in [-0.39, 0.29) is 24.9 Å². The standard InChI is InChI=1S/C23H29N3O6S/c1-5-19(23(28)24-3)25(13-17-8-6-16(2)7-9-17)22(27)14-26(33(4,29)30)18-10-11-20-21(12-18)32-15-31-20/h6-12,19H,5,13-15H2,1-4H3,(H,24,28)/t19-/m0/s1. The van der Waals surface area contributed by atoms with Crippen molar-refractivity contribution < 1.29 is 27.5 Å². The van der Waals surface area contributed by atoms with Gasteiger partial charge in [0.2, 0.25) is 28.6 Å². The molecule has 2 amide bonds. The molecule has 0 bridgehead atoms. The van der Waals surface area contributed by atoms with E-state index in [1.807, 2.05) is 38.1 Å². The molecule has 1 N–H and O–H groups in total. The molecule has 3 rings (SSSR count). The van der Waals surface area contributed by atoms with Gasteiger partial charge in [0.15, 0.2) is 11.5 Å². The molecule has 33 heavy (non-hydrogen) atoms. The molecule has 0 aliphatic carbocycles. The Bertz CT molecular complexity index is 1120. The lowest BCUT2D eigenvalue weighted by Crippen LogP contribution is -2.51. The molecule has 1 atom stereocenters.